The van der Waals surface area contributed by atoms with Crippen molar-refractivity contribution in [3.05, 3.63) is 32.3 Å². The standard InChI is InChI=1S/C8H6N2O4/c1-3-2-4(10-14-3)9-5-6(11)8(13)7(5)12/h2,11H,1H3,(H,9,10). The van der Waals surface area contributed by atoms with Crippen LogP contribution in [0.4, 0.5) is 11.5 Å². The van der Waals surface area contributed by atoms with Gasteiger partial charge in [0.05, 0.1) is 0 Å². The lowest BCUT2D eigenvalue weighted by atomic mass is 10.2. The smallest absolute Gasteiger partial charge is 0.271 e. The van der Waals surface area contributed by atoms with Gasteiger partial charge in [0.1, 0.15) is 11.4 Å². The number of nitrogens with zero attached hydrogens (tertiary/aromatic N) is 1. The molecule has 0 saturated carbocycles. The van der Waals surface area contributed by atoms with Crippen LogP contribution < -0.4 is 16.2 Å². The number of nitrogens with one attached hydrogen (secondary N) is 1. The maximum Gasteiger partial charge on any atom is 0.271 e. The van der Waals surface area contributed by atoms with Gasteiger partial charge in [-0.15, -0.1) is 0 Å². The highest BCUT2D eigenvalue weighted by Gasteiger charge is 2.20. The van der Waals surface area contributed by atoms with Crippen LogP contribution in [0.25, 0.3) is 0 Å². The van der Waals surface area contributed by atoms with Crippen molar-refractivity contribution in [2.75, 3.05) is 5.32 Å². The quantitative estimate of drug-likeness (QED) is 0.655. The van der Waals surface area contributed by atoms with Crippen LogP contribution in [-0.2, 0) is 0 Å². The van der Waals surface area contributed by atoms with Gasteiger partial charge in [0.2, 0.25) is 0 Å². The summed E-state index contributed by atoms with van der Waals surface area (Å²) in [5.74, 6) is 0.284. The summed E-state index contributed by atoms with van der Waals surface area (Å²) in [6.45, 7) is 1.68. The number of rotatable bonds is 2. The second kappa shape index (κ2) is 2.69. The van der Waals surface area contributed by atoms with Gasteiger partial charge in [-0.25, -0.2) is 0 Å². The first kappa shape index (κ1) is 8.49. The van der Waals surface area contributed by atoms with E-state index in [2.05, 4.69) is 10.5 Å². The number of aromatic nitrogens is 1. The second-order valence-corrected chi connectivity index (χ2v) is 2.83. The van der Waals surface area contributed by atoms with E-state index in [9.17, 15) is 9.59 Å². The van der Waals surface area contributed by atoms with Gasteiger partial charge in [-0.3, -0.25) is 9.59 Å². The Labute approximate surface area is 77.5 Å². The third kappa shape index (κ3) is 1.08. The maximum atomic E-state index is 10.9. The molecule has 6 nitrogen and oxygen atoms in total. The molecule has 1 heterocycles. The van der Waals surface area contributed by atoms with Gasteiger partial charge >= 0.3 is 0 Å². The minimum absolute atomic E-state index is 0.136. The van der Waals surface area contributed by atoms with Crippen molar-refractivity contribution in [1.29, 1.82) is 0 Å². The third-order valence-electron chi connectivity index (χ3n) is 1.77. The zero-order chi connectivity index (χ0) is 10.3. The van der Waals surface area contributed by atoms with Crippen molar-refractivity contribution < 1.29 is 9.63 Å². The lowest BCUT2D eigenvalue weighted by Crippen LogP contribution is -2.32. The molecule has 72 valence electrons. The second-order valence-electron chi connectivity index (χ2n) is 2.83. The first-order valence-corrected chi connectivity index (χ1v) is 3.82. The molecule has 2 N–H and O–H groups in total. The largest absolute Gasteiger partial charge is 0.502 e. The molecule has 0 aliphatic heterocycles. The predicted octanol–water partition coefficient (Wildman–Crippen LogP) is 0.0282. The van der Waals surface area contributed by atoms with Gasteiger partial charge < -0.3 is 14.9 Å². The Hall–Kier alpha value is -2.11. The van der Waals surface area contributed by atoms with Crippen LogP contribution >= 0.6 is 0 Å². The van der Waals surface area contributed by atoms with Crippen LogP contribution in [0.5, 0.6) is 5.75 Å². The van der Waals surface area contributed by atoms with E-state index in [1.807, 2.05) is 0 Å². The maximum absolute atomic E-state index is 10.9. The van der Waals surface area contributed by atoms with Gasteiger partial charge in [0.25, 0.3) is 10.9 Å². The summed E-state index contributed by atoms with van der Waals surface area (Å²) < 4.78 is 4.72. The van der Waals surface area contributed by atoms with E-state index in [0.29, 0.717) is 5.76 Å². The van der Waals surface area contributed by atoms with Crippen molar-refractivity contribution in [1.82, 2.24) is 5.16 Å². The monoisotopic (exact) mass is 194 g/mol. The zero-order valence-corrected chi connectivity index (χ0v) is 7.20. The molecule has 0 spiro atoms. The average molecular weight is 194 g/mol. The summed E-state index contributed by atoms with van der Waals surface area (Å²) in [5, 5.41) is 15.0. The topological polar surface area (TPSA) is 92.4 Å². The molecule has 0 bridgehead atoms. The predicted molar refractivity (Wildman–Crippen MR) is 47.5 cm³/mol. The Kier molecular flexibility index (Phi) is 1.63. The van der Waals surface area contributed by atoms with Crippen LogP contribution in [0, 0.1) is 6.92 Å². The molecule has 2 aromatic rings. The SMILES string of the molecule is Cc1cc(Nc2c(O)c(=O)c2=O)no1. The van der Waals surface area contributed by atoms with Crippen LogP contribution in [0.2, 0.25) is 0 Å². The van der Waals surface area contributed by atoms with Crippen LogP contribution in [0.1, 0.15) is 5.76 Å². The summed E-state index contributed by atoms with van der Waals surface area (Å²) in [4.78, 5) is 21.5. The zero-order valence-electron chi connectivity index (χ0n) is 7.20. The summed E-state index contributed by atoms with van der Waals surface area (Å²) in [6.07, 6.45) is 0. The molecule has 1 aromatic carbocycles. The molecule has 0 radical (unpaired) electrons. The number of hydrogen-bond donors (Lipinski definition) is 2. The molecule has 0 atom stereocenters. The molecule has 0 aliphatic rings. The molecule has 1 aromatic heterocycles. The average Bonchev–Trinajstić information content (AvgIpc) is 2.59. The number of aryl methyl sites for hydroxylation is 1. The summed E-state index contributed by atoms with van der Waals surface area (Å²) in [6, 6.07) is 1.54. The Morgan fingerprint density at radius 1 is 1.43 bits per heavy atom. The minimum atomic E-state index is -0.882. The van der Waals surface area contributed by atoms with Crippen molar-refractivity contribution >= 4 is 11.5 Å². The molecular weight excluding hydrogens is 188 g/mol. The van der Waals surface area contributed by atoms with E-state index < -0.39 is 16.6 Å². The summed E-state index contributed by atoms with van der Waals surface area (Å²) >= 11 is 0. The molecule has 0 aliphatic carbocycles. The van der Waals surface area contributed by atoms with Gasteiger partial charge in [0.15, 0.2) is 11.6 Å². The van der Waals surface area contributed by atoms with Crippen molar-refractivity contribution in [2.45, 2.75) is 6.92 Å². The van der Waals surface area contributed by atoms with E-state index >= 15 is 0 Å². The van der Waals surface area contributed by atoms with Crippen LogP contribution in [0.3, 0.4) is 0 Å². The highest BCUT2D eigenvalue weighted by molar-refractivity contribution is 5.67. The molecule has 0 unspecified atom stereocenters. The van der Waals surface area contributed by atoms with E-state index in [1.54, 1.807) is 6.92 Å². The highest BCUT2D eigenvalue weighted by atomic mass is 16.5. The molecule has 0 saturated heterocycles. The normalized spacial score (nSPS) is 10.6. The summed E-state index contributed by atoms with van der Waals surface area (Å²) in [7, 11) is 0. The van der Waals surface area contributed by atoms with Crippen molar-refractivity contribution in [3.8, 4) is 5.75 Å². The Morgan fingerprint density at radius 3 is 2.64 bits per heavy atom. The van der Waals surface area contributed by atoms with Gasteiger partial charge in [-0.05, 0) is 6.92 Å². The lowest BCUT2D eigenvalue weighted by molar-refractivity contribution is 0.400. The van der Waals surface area contributed by atoms with E-state index in [1.165, 1.54) is 6.07 Å². The van der Waals surface area contributed by atoms with Crippen molar-refractivity contribution in [3.63, 3.8) is 0 Å². The fourth-order valence-electron chi connectivity index (χ4n) is 1.05. The lowest BCUT2D eigenvalue weighted by Gasteiger charge is -2.04. The number of anilines is 2. The molecule has 2 rings (SSSR count). The number of aromatic hydroxyl groups is 1. The molecule has 14 heavy (non-hydrogen) atoms. The van der Waals surface area contributed by atoms with E-state index in [4.69, 9.17) is 9.63 Å². The molecular formula is C8H6N2O4. The fraction of sp³-hybridized carbons (Fsp3) is 0.125. The molecule has 0 fully saturated rings. The Balaban J connectivity index is 2.29. The third-order valence-corrected chi connectivity index (χ3v) is 1.77. The molecule has 0 amide bonds. The minimum Gasteiger partial charge on any atom is -0.502 e. The summed E-state index contributed by atoms with van der Waals surface area (Å²) in [5.41, 5.74) is -1.76. The van der Waals surface area contributed by atoms with E-state index in [0.717, 1.165) is 0 Å². The van der Waals surface area contributed by atoms with Crippen molar-refractivity contribution in [2.24, 2.45) is 0 Å². The number of hydrogen-bond acceptors (Lipinski definition) is 6. The van der Waals surface area contributed by atoms with Crippen LogP contribution in [0.15, 0.2) is 20.2 Å². The molecule has 6 heteroatoms. The van der Waals surface area contributed by atoms with Gasteiger partial charge in [-0.1, -0.05) is 5.16 Å². The van der Waals surface area contributed by atoms with Gasteiger partial charge in [0, 0.05) is 6.07 Å². The highest BCUT2D eigenvalue weighted by Crippen LogP contribution is 2.20. The van der Waals surface area contributed by atoms with Crippen LogP contribution in [-0.4, -0.2) is 10.3 Å². The first-order valence-electron chi connectivity index (χ1n) is 3.82. The van der Waals surface area contributed by atoms with E-state index in [-0.39, 0.29) is 11.5 Å². The Bertz CT molecular complexity index is 548. The Morgan fingerprint density at radius 2 is 2.14 bits per heavy atom. The van der Waals surface area contributed by atoms with Gasteiger partial charge in [-0.2, -0.15) is 0 Å². The first-order chi connectivity index (χ1) is 6.59. The fourth-order valence-corrected chi connectivity index (χ4v) is 1.05.